The zero-order valence-corrected chi connectivity index (χ0v) is 14.2. The molecule has 0 heterocycles. The van der Waals surface area contributed by atoms with Gasteiger partial charge in [0, 0.05) is 19.2 Å². The Kier molecular flexibility index (Phi) is 6.36. The van der Waals surface area contributed by atoms with Crippen LogP contribution in [0.5, 0.6) is 0 Å². The fraction of sp³-hybridized carbons (Fsp3) is 0.350. The van der Waals surface area contributed by atoms with Crippen molar-refractivity contribution in [1.29, 1.82) is 0 Å². The van der Waals surface area contributed by atoms with E-state index in [0.717, 1.165) is 18.4 Å². The quantitative estimate of drug-likeness (QED) is 0.790. The number of amides is 1. The van der Waals surface area contributed by atoms with Gasteiger partial charge in [0.15, 0.2) is 0 Å². The first-order valence-corrected chi connectivity index (χ1v) is 8.02. The summed E-state index contributed by atoms with van der Waals surface area (Å²) in [6.07, 6.45) is 1.93. The first-order chi connectivity index (χ1) is 11.1. The van der Waals surface area contributed by atoms with Crippen molar-refractivity contribution in [3.8, 4) is 0 Å². The first-order valence-electron chi connectivity index (χ1n) is 8.02. The number of methoxy groups -OCH3 is 1. The summed E-state index contributed by atoms with van der Waals surface area (Å²) in [4.78, 5) is 12.1. The number of carbonyl (C=O) groups is 1. The highest BCUT2D eigenvalue weighted by Crippen LogP contribution is 2.12. The number of hydrogen-bond donors (Lipinski definition) is 1. The smallest absolute Gasteiger partial charge is 0.251 e. The topological polar surface area (TPSA) is 38.3 Å². The highest BCUT2D eigenvalue weighted by molar-refractivity contribution is 5.94. The molecule has 0 spiro atoms. The molecule has 0 atom stereocenters. The van der Waals surface area contributed by atoms with Crippen LogP contribution in [0.3, 0.4) is 0 Å². The molecule has 1 amide bonds. The molecule has 0 unspecified atom stereocenters. The van der Waals surface area contributed by atoms with Crippen molar-refractivity contribution in [2.24, 2.45) is 0 Å². The third-order valence-electron chi connectivity index (χ3n) is 3.93. The Balaban J connectivity index is 1.78. The molecule has 2 rings (SSSR count). The number of aryl methyl sites for hydroxylation is 3. The summed E-state index contributed by atoms with van der Waals surface area (Å²) in [6.45, 7) is 5.50. The summed E-state index contributed by atoms with van der Waals surface area (Å²) in [7, 11) is 1.66. The van der Waals surface area contributed by atoms with Crippen molar-refractivity contribution in [2.75, 3.05) is 13.7 Å². The van der Waals surface area contributed by atoms with Gasteiger partial charge in [0.1, 0.15) is 0 Å². The Morgan fingerprint density at radius 1 is 1.09 bits per heavy atom. The molecule has 0 aliphatic heterocycles. The molecule has 0 fully saturated rings. The SMILES string of the molecule is COCc1ccc(C(=O)NCCCc2ccc(C)cc2C)cc1. The van der Waals surface area contributed by atoms with E-state index in [2.05, 4.69) is 37.4 Å². The Morgan fingerprint density at radius 3 is 2.48 bits per heavy atom. The van der Waals surface area contributed by atoms with Crippen molar-refractivity contribution in [3.63, 3.8) is 0 Å². The van der Waals surface area contributed by atoms with Crippen LogP contribution in [0.4, 0.5) is 0 Å². The Hall–Kier alpha value is -2.13. The molecule has 0 aliphatic carbocycles. The summed E-state index contributed by atoms with van der Waals surface area (Å²) in [5, 5.41) is 2.98. The van der Waals surface area contributed by atoms with E-state index in [9.17, 15) is 4.79 Å². The number of hydrogen-bond acceptors (Lipinski definition) is 2. The van der Waals surface area contributed by atoms with Crippen molar-refractivity contribution in [1.82, 2.24) is 5.32 Å². The maximum absolute atomic E-state index is 12.1. The van der Waals surface area contributed by atoms with Crippen LogP contribution < -0.4 is 5.32 Å². The molecule has 2 aromatic rings. The van der Waals surface area contributed by atoms with Gasteiger partial charge in [0.2, 0.25) is 0 Å². The van der Waals surface area contributed by atoms with Crippen molar-refractivity contribution >= 4 is 5.91 Å². The fourth-order valence-corrected chi connectivity index (χ4v) is 2.63. The van der Waals surface area contributed by atoms with Crippen LogP contribution in [-0.4, -0.2) is 19.6 Å². The third kappa shape index (κ3) is 5.22. The number of benzene rings is 2. The zero-order valence-electron chi connectivity index (χ0n) is 14.2. The average Bonchev–Trinajstić information content (AvgIpc) is 2.54. The summed E-state index contributed by atoms with van der Waals surface area (Å²) in [6, 6.07) is 14.1. The predicted octanol–water partition coefficient (Wildman–Crippen LogP) is 3.81. The molecular weight excluding hydrogens is 286 g/mol. The van der Waals surface area contributed by atoms with Crippen molar-refractivity contribution in [3.05, 3.63) is 70.3 Å². The van der Waals surface area contributed by atoms with Gasteiger partial charge in [-0.25, -0.2) is 0 Å². The van der Waals surface area contributed by atoms with Gasteiger partial charge >= 0.3 is 0 Å². The monoisotopic (exact) mass is 311 g/mol. The van der Waals surface area contributed by atoms with Gasteiger partial charge in [-0.05, 0) is 55.5 Å². The zero-order chi connectivity index (χ0) is 16.7. The van der Waals surface area contributed by atoms with Gasteiger partial charge in [-0.15, -0.1) is 0 Å². The van der Waals surface area contributed by atoms with Gasteiger partial charge in [0.05, 0.1) is 6.61 Å². The molecule has 3 heteroatoms. The lowest BCUT2D eigenvalue weighted by molar-refractivity contribution is 0.0953. The Bertz CT molecular complexity index is 647. The molecule has 0 bridgehead atoms. The van der Waals surface area contributed by atoms with E-state index in [1.807, 2.05) is 24.3 Å². The standard InChI is InChI=1S/C20H25NO2/c1-15-6-9-18(16(2)13-15)5-4-12-21-20(22)19-10-7-17(8-11-19)14-23-3/h6-11,13H,4-5,12,14H2,1-3H3,(H,21,22). The molecule has 0 saturated heterocycles. The second-order valence-corrected chi connectivity index (χ2v) is 5.92. The van der Waals surface area contributed by atoms with Crippen molar-refractivity contribution < 1.29 is 9.53 Å². The lowest BCUT2D eigenvalue weighted by atomic mass is 10.0. The summed E-state index contributed by atoms with van der Waals surface area (Å²) >= 11 is 0. The van der Waals surface area contributed by atoms with E-state index in [0.29, 0.717) is 18.7 Å². The molecule has 0 saturated carbocycles. The Labute approximate surface area is 138 Å². The minimum atomic E-state index is -0.0189. The first kappa shape index (κ1) is 17.2. The highest BCUT2D eigenvalue weighted by atomic mass is 16.5. The summed E-state index contributed by atoms with van der Waals surface area (Å²) < 4.78 is 5.07. The van der Waals surface area contributed by atoms with Crippen molar-refractivity contribution in [2.45, 2.75) is 33.3 Å². The van der Waals surface area contributed by atoms with E-state index in [1.165, 1.54) is 16.7 Å². The minimum Gasteiger partial charge on any atom is -0.380 e. The van der Waals surface area contributed by atoms with Crippen LogP contribution >= 0.6 is 0 Å². The number of ether oxygens (including phenoxy) is 1. The van der Waals surface area contributed by atoms with Crippen LogP contribution in [-0.2, 0) is 17.8 Å². The van der Waals surface area contributed by atoms with Crippen LogP contribution in [0, 0.1) is 13.8 Å². The molecule has 0 radical (unpaired) electrons. The van der Waals surface area contributed by atoms with E-state index < -0.39 is 0 Å². The summed E-state index contributed by atoms with van der Waals surface area (Å²) in [5.41, 5.74) is 5.73. The van der Waals surface area contributed by atoms with E-state index in [4.69, 9.17) is 4.74 Å². The molecule has 23 heavy (non-hydrogen) atoms. The van der Waals surface area contributed by atoms with Gasteiger partial charge in [-0.2, -0.15) is 0 Å². The van der Waals surface area contributed by atoms with Gasteiger partial charge in [0.25, 0.3) is 5.91 Å². The molecule has 1 N–H and O–H groups in total. The largest absolute Gasteiger partial charge is 0.380 e. The molecule has 122 valence electrons. The third-order valence-corrected chi connectivity index (χ3v) is 3.93. The Morgan fingerprint density at radius 2 is 1.83 bits per heavy atom. The number of nitrogens with one attached hydrogen (secondary N) is 1. The number of rotatable bonds is 7. The van der Waals surface area contributed by atoms with E-state index in [1.54, 1.807) is 7.11 Å². The lowest BCUT2D eigenvalue weighted by Gasteiger charge is -2.08. The van der Waals surface area contributed by atoms with Gasteiger partial charge < -0.3 is 10.1 Å². The maximum atomic E-state index is 12.1. The summed E-state index contributed by atoms with van der Waals surface area (Å²) in [5.74, 6) is -0.0189. The van der Waals surface area contributed by atoms with Crippen LogP contribution in [0.2, 0.25) is 0 Å². The predicted molar refractivity (Wildman–Crippen MR) is 93.7 cm³/mol. The number of carbonyl (C=O) groups excluding carboxylic acids is 1. The van der Waals surface area contributed by atoms with E-state index in [-0.39, 0.29) is 5.91 Å². The molecule has 0 aromatic heterocycles. The molecule has 2 aromatic carbocycles. The lowest BCUT2D eigenvalue weighted by Crippen LogP contribution is -2.24. The van der Waals surface area contributed by atoms with Crippen LogP contribution in [0.25, 0.3) is 0 Å². The molecule has 0 aliphatic rings. The van der Waals surface area contributed by atoms with Crippen LogP contribution in [0.15, 0.2) is 42.5 Å². The van der Waals surface area contributed by atoms with Gasteiger partial charge in [-0.3, -0.25) is 4.79 Å². The van der Waals surface area contributed by atoms with Crippen LogP contribution in [0.1, 0.15) is 39.0 Å². The molecule has 3 nitrogen and oxygen atoms in total. The highest BCUT2D eigenvalue weighted by Gasteiger charge is 2.05. The van der Waals surface area contributed by atoms with E-state index >= 15 is 0 Å². The average molecular weight is 311 g/mol. The second kappa shape index (κ2) is 8.49. The second-order valence-electron chi connectivity index (χ2n) is 5.92. The van der Waals surface area contributed by atoms with Gasteiger partial charge in [-0.1, -0.05) is 35.9 Å². The normalized spacial score (nSPS) is 10.6. The maximum Gasteiger partial charge on any atom is 0.251 e. The fourth-order valence-electron chi connectivity index (χ4n) is 2.63. The molecular formula is C20H25NO2. The minimum absolute atomic E-state index is 0.0189.